The number of ether oxygens (including phenoxy) is 1. The average Bonchev–Trinajstić information content (AvgIpc) is 3.38. The number of fused-ring (bicyclic) bond motifs is 1. The number of nitrogens with one attached hydrogen (secondary N) is 3. The molecule has 0 atom stereocenters. The predicted molar refractivity (Wildman–Crippen MR) is 145 cm³/mol. The molecule has 4 rings (SSSR count). The first-order valence-electron chi connectivity index (χ1n) is 12.6. The molecule has 0 unspecified atom stereocenters. The number of aromatic nitrogens is 1. The highest BCUT2D eigenvalue weighted by atomic mass is 16.5. The van der Waals surface area contributed by atoms with Gasteiger partial charge >= 0.3 is 0 Å². The molecule has 0 saturated heterocycles. The van der Waals surface area contributed by atoms with Crippen LogP contribution >= 0.6 is 0 Å². The maximum absolute atomic E-state index is 13.5. The number of carbonyl (C=O) groups excluding carboxylic acids is 2. The highest BCUT2D eigenvalue weighted by Gasteiger charge is 2.27. The van der Waals surface area contributed by atoms with Crippen molar-refractivity contribution in [2.75, 3.05) is 38.1 Å². The zero-order valence-electron chi connectivity index (χ0n) is 21.4. The van der Waals surface area contributed by atoms with Gasteiger partial charge in [-0.05, 0) is 56.8 Å². The molecule has 1 aliphatic rings. The van der Waals surface area contributed by atoms with Gasteiger partial charge in [-0.15, -0.1) is 0 Å². The van der Waals surface area contributed by atoms with Crippen molar-refractivity contribution in [1.82, 2.24) is 15.2 Å². The standard InChI is InChI=1S/C29H34N4O3/c1-5-33(6-2)16-15-30-29(35)26-19(4)31-25(27(26)20-11-10-12-21(17-20)36-7-3)18-23-22-13-8-9-14-24(22)32-28(23)34/h8-14,17-18,31H,5-7,15-16H2,1-4H3,(H,30,35)(H,32,34). The maximum Gasteiger partial charge on any atom is 0.256 e. The van der Waals surface area contributed by atoms with Crippen molar-refractivity contribution in [3.63, 3.8) is 0 Å². The summed E-state index contributed by atoms with van der Waals surface area (Å²) in [5, 5.41) is 6.01. The SMILES string of the molecule is CCOc1cccc(-c2c(C=C3C(=O)Nc4ccccc43)[nH]c(C)c2C(=O)NCCN(CC)CC)c1. The van der Waals surface area contributed by atoms with Crippen molar-refractivity contribution in [3.05, 3.63) is 71.0 Å². The molecule has 0 aliphatic carbocycles. The van der Waals surface area contributed by atoms with Crippen molar-refractivity contribution in [3.8, 4) is 16.9 Å². The second kappa shape index (κ2) is 11.3. The van der Waals surface area contributed by atoms with Crippen molar-refractivity contribution >= 4 is 29.2 Å². The van der Waals surface area contributed by atoms with Crippen molar-refractivity contribution in [2.45, 2.75) is 27.7 Å². The van der Waals surface area contributed by atoms with Crippen LogP contribution in [0.15, 0.2) is 48.5 Å². The molecule has 0 spiro atoms. The molecule has 0 fully saturated rings. The van der Waals surface area contributed by atoms with E-state index in [0.717, 1.165) is 53.5 Å². The molecule has 3 aromatic rings. The van der Waals surface area contributed by atoms with Crippen LogP contribution < -0.4 is 15.4 Å². The molecule has 2 aromatic carbocycles. The van der Waals surface area contributed by atoms with Gasteiger partial charge in [0.1, 0.15) is 5.75 Å². The number of benzene rings is 2. The van der Waals surface area contributed by atoms with Gasteiger partial charge in [0.05, 0.1) is 17.7 Å². The summed E-state index contributed by atoms with van der Waals surface area (Å²) in [6.45, 7) is 11.8. The van der Waals surface area contributed by atoms with Gasteiger partial charge in [0, 0.05) is 41.3 Å². The van der Waals surface area contributed by atoms with Crippen molar-refractivity contribution in [2.24, 2.45) is 0 Å². The molecule has 1 aliphatic heterocycles. The largest absolute Gasteiger partial charge is 0.494 e. The van der Waals surface area contributed by atoms with Gasteiger partial charge < -0.3 is 25.3 Å². The van der Waals surface area contributed by atoms with Gasteiger partial charge in [0.15, 0.2) is 0 Å². The zero-order valence-corrected chi connectivity index (χ0v) is 21.4. The molecule has 0 bridgehead atoms. The summed E-state index contributed by atoms with van der Waals surface area (Å²) < 4.78 is 5.73. The molecule has 2 heterocycles. The Morgan fingerprint density at radius 1 is 1.08 bits per heavy atom. The number of aryl methyl sites for hydroxylation is 1. The fourth-order valence-electron chi connectivity index (χ4n) is 4.63. The smallest absolute Gasteiger partial charge is 0.256 e. The summed E-state index contributed by atoms with van der Waals surface area (Å²) in [5.41, 5.74) is 5.80. The number of H-pyrrole nitrogens is 1. The van der Waals surface area contributed by atoms with E-state index >= 15 is 0 Å². The Bertz CT molecular complexity index is 1290. The van der Waals surface area contributed by atoms with Crippen LogP contribution in [-0.4, -0.2) is 54.5 Å². The Balaban J connectivity index is 1.78. The van der Waals surface area contributed by atoms with Crippen LogP contribution in [0.25, 0.3) is 22.8 Å². The fraction of sp³-hybridized carbons (Fsp3) is 0.310. The second-order valence-corrected chi connectivity index (χ2v) is 8.72. The molecular formula is C29H34N4O3. The topological polar surface area (TPSA) is 86.5 Å². The first-order valence-corrected chi connectivity index (χ1v) is 12.6. The van der Waals surface area contributed by atoms with Crippen LogP contribution in [0.1, 0.15) is 48.1 Å². The van der Waals surface area contributed by atoms with E-state index in [1.165, 1.54) is 0 Å². The Labute approximate surface area is 212 Å². The molecule has 0 radical (unpaired) electrons. The van der Waals surface area contributed by atoms with E-state index in [2.05, 4.69) is 34.4 Å². The first kappa shape index (κ1) is 25.3. The van der Waals surface area contributed by atoms with E-state index in [4.69, 9.17) is 4.74 Å². The Hall–Kier alpha value is -3.84. The summed E-state index contributed by atoms with van der Waals surface area (Å²) >= 11 is 0. The summed E-state index contributed by atoms with van der Waals surface area (Å²) in [5.74, 6) is 0.417. The molecule has 7 nitrogen and oxygen atoms in total. The van der Waals surface area contributed by atoms with E-state index in [1.807, 2.05) is 68.5 Å². The van der Waals surface area contributed by atoms with Crippen LogP contribution in [-0.2, 0) is 4.79 Å². The van der Waals surface area contributed by atoms with Crippen LogP contribution in [0.2, 0.25) is 0 Å². The molecule has 7 heteroatoms. The Kier molecular flexibility index (Phi) is 7.90. The number of carbonyl (C=O) groups is 2. The van der Waals surface area contributed by atoms with Crippen LogP contribution in [0.5, 0.6) is 5.75 Å². The van der Waals surface area contributed by atoms with E-state index < -0.39 is 0 Å². The molecule has 2 amide bonds. The first-order chi connectivity index (χ1) is 17.5. The second-order valence-electron chi connectivity index (χ2n) is 8.72. The van der Waals surface area contributed by atoms with Crippen molar-refractivity contribution in [1.29, 1.82) is 0 Å². The molecule has 3 N–H and O–H groups in total. The summed E-state index contributed by atoms with van der Waals surface area (Å²) in [6.07, 6.45) is 1.84. The lowest BCUT2D eigenvalue weighted by molar-refractivity contribution is -0.110. The van der Waals surface area contributed by atoms with Crippen LogP contribution in [0, 0.1) is 6.92 Å². The van der Waals surface area contributed by atoms with E-state index in [-0.39, 0.29) is 11.8 Å². The lowest BCUT2D eigenvalue weighted by atomic mass is 9.97. The van der Waals surface area contributed by atoms with Gasteiger partial charge in [-0.3, -0.25) is 9.59 Å². The number of hydrogen-bond donors (Lipinski definition) is 3. The zero-order chi connectivity index (χ0) is 25.7. The van der Waals surface area contributed by atoms with E-state index in [1.54, 1.807) is 0 Å². The third-order valence-electron chi connectivity index (χ3n) is 6.48. The molecular weight excluding hydrogens is 452 g/mol. The maximum atomic E-state index is 13.5. The quantitative estimate of drug-likeness (QED) is 0.354. The molecule has 36 heavy (non-hydrogen) atoms. The molecule has 0 saturated carbocycles. The Morgan fingerprint density at radius 3 is 2.61 bits per heavy atom. The number of aromatic amines is 1. The van der Waals surface area contributed by atoms with E-state index in [9.17, 15) is 9.59 Å². The normalized spacial score (nSPS) is 13.7. The average molecular weight is 487 g/mol. The number of para-hydroxylation sites is 1. The van der Waals surface area contributed by atoms with E-state index in [0.29, 0.717) is 30.0 Å². The monoisotopic (exact) mass is 486 g/mol. The number of amides is 2. The summed E-state index contributed by atoms with van der Waals surface area (Å²) in [6, 6.07) is 15.3. The number of anilines is 1. The van der Waals surface area contributed by atoms with Crippen LogP contribution in [0.4, 0.5) is 5.69 Å². The predicted octanol–water partition coefficient (Wildman–Crippen LogP) is 4.95. The van der Waals surface area contributed by atoms with Crippen LogP contribution in [0.3, 0.4) is 0 Å². The molecule has 188 valence electrons. The lowest BCUT2D eigenvalue weighted by Gasteiger charge is -2.18. The number of hydrogen-bond acceptors (Lipinski definition) is 4. The summed E-state index contributed by atoms with van der Waals surface area (Å²) in [4.78, 5) is 31.9. The molecule has 1 aromatic heterocycles. The van der Waals surface area contributed by atoms with Gasteiger partial charge in [0.2, 0.25) is 0 Å². The number of rotatable bonds is 10. The number of likely N-dealkylation sites (N-methyl/N-ethyl adjacent to an activating group) is 1. The summed E-state index contributed by atoms with van der Waals surface area (Å²) in [7, 11) is 0. The minimum atomic E-state index is -0.164. The fourth-order valence-corrected chi connectivity index (χ4v) is 4.63. The highest BCUT2D eigenvalue weighted by Crippen LogP contribution is 2.37. The third-order valence-corrected chi connectivity index (χ3v) is 6.48. The lowest BCUT2D eigenvalue weighted by Crippen LogP contribution is -2.35. The Morgan fingerprint density at radius 2 is 1.86 bits per heavy atom. The van der Waals surface area contributed by atoms with Gasteiger partial charge in [0.25, 0.3) is 11.8 Å². The minimum absolute atomic E-state index is 0.145. The minimum Gasteiger partial charge on any atom is -0.494 e. The highest BCUT2D eigenvalue weighted by molar-refractivity contribution is 6.35. The van der Waals surface area contributed by atoms with Gasteiger partial charge in [-0.1, -0.05) is 44.2 Å². The van der Waals surface area contributed by atoms with Crippen molar-refractivity contribution < 1.29 is 14.3 Å². The van der Waals surface area contributed by atoms with Gasteiger partial charge in [-0.25, -0.2) is 0 Å². The third kappa shape index (κ3) is 5.21. The van der Waals surface area contributed by atoms with Gasteiger partial charge in [-0.2, -0.15) is 0 Å². The number of nitrogens with zero attached hydrogens (tertiary/aromatic N) is 1.